The van der Waals surface area contributed by atoms with Crippen LogP contribution < -0.4 is 0 Å². The Morgan fingerprint density at radius 1 is 0.577 bits per heavy atom. The fourth-order valence-corrected chi connectivity index (χ4v) is 3.96. The molecule has 0 aliphatic rings. The van der Waals surface area contributed by atoms with Gasteiger partial charge >= 0.3 is 11.9 Å². The standard InChI is InChI=1S/C22H42O4/c1-11-21(12-2,19(5,6)7)25-17(23)15-16-18(24)26-22(13-3,14-4)20(8,9)10/h11-16H2,1-10H3. The first-order chi connectivity index (χ1) is 11.7. The molecule has 0 saturated carbocycles. The number of hydrogen-bond acceptors (Lipinski definition) is 4. The molecular formula is C22H42O4. The summed E-state index contributed by atoms with van der Waals surface area (Å²) in [6.07, 6.45) is 3.13. The van der Waals surface area contributed by atoms with Crippen LogP contribution in [0.5, 0.6) is 0 Å². The highest BCUT2D eigenvalue weighted by atomic mass is 16.6. The van der Waals surface area contributed by atoms with E-state index in [0.717, 1.165) is 25.7 Å². The van der Waals surface area contributed by atoms with Gasteiger partial charge < -0.3 is 9.47 Å². The first kappa shape index (κ1) is 24.9. The van der Waals surface area contributed by atoms with E-state index in [2.05, 4.69) is 41.5 Å². The smallest absolute Gasteiger partial charge is 0.306 e. The van der Waals surface area contributed by atoms with Gasteiger partial charge in [0.15, 0.2) is 0 Å². The van der Waals surface area contributed by atoms with Crippen LogP contribution in [0.15, 0.2) is 0 Å². The van der Waals surface area contributed by atoms with Gasteiger partial charge in [-0.2, -0.15) is 0 Å². The summed E-state index contributed by atoms with van der Waals surface area (Å²) in [4.78, 5) is 24.8. The minimum Gasteiger partial charge on any atom is -0.459 e. The van der Waals surface area contributed by atoms with Crippen molar-refractivity contribution in [1.29, 1.82) is 0 Å². The Morgan fingerprint density at radius 3 is 0.962 bits per heavy atom. The molecule has 0 spiro atoms. The van der Waals surface area contributed by atoms with E-state index in [-0.39, 0.29) is 35.6 Å². The topological polar surface area (TPSA) is 52.6 Å². The molecule has 4 nitrogen and oxygen atoms in total. The van der Waals surface area contributed by atoms with Crippen LogP contribution in [0.3, 0.4) is 0 Å². The maximum Gasteiger partial charge on any atom is 0.306 e. The van der Waals surface area contributed by atoms with E-state index in [4.69, 9.17) is 9.47 Å². The summed E-state index contributed by atoms with van der Waals surface area (Å²) in [6, 6.07) is 0. The predicted molar refractivity (Wildman–Crippen MR) is 107 cm³/mol. The van der Waals surface area contributed by atoms with Crippen LogP contribution in [-0.2, 0) is 19.1 Å². The molecule has 4 heteroatoms. The first-order valence-electron chi connectivity index (χ1n) is 10.2. The third-order valence-electron chi connectivity index (χ3n) is 6.17. The van der Waals surface area contributed by atoms with Gasteiger partial charge in [0.05, 0.1) is 12.8 Å². The van der Waals surface area contributed by atoms with E-state index in [0.29, 0.717) is 0 Å². The largest absolute Gasteiger partial charge is 0.459 e. The van der Waals surface area contributed by atoms with Crippen molar-refractivity contribution in [3.63, 3.8) is 0 Å². The van der Waals surface area contributed by atoms with Crippen molar-refractivity contribution in [1.82, 2.24) is 0 Å². The Bertz CT molecular complexity index is 414. The summed E-state index contributed by atoms with van der Waals surface area (Å²) in [5.41, 5.74) is -1.32. The van der Waals surface area contributed by atoms with E-state index in [1.165, 1.54) is 0 Å². The van der Waals surface area contributed by atoms with Crippen LogP contribution >= 0.6 is 0 Å². The van der Waals surface area contributed by atoms with E-state index in [9.17, 15) is 9.59 Å². The Hall–Kier alpha value is -1.06. The molecule has 0 aromatic heterocycles. The van der Waals surface area contributed by atoms with Gasteiger partial charge in [-0.15, -0.1) is 0 Å². The predicted octanol–water partition coefficient (Wildman–Crippen LogP) is 6.06. The quantitative estimate of drug-likeness (QED) is 0.463. The zero-order valence-corrected chi connectivity index (χ0v) is 18.9. The maximum absolute atomic E-state index is 12.4. The number of carbonyl (C=O) groups excluding carboxylic acids is 2. The van der Waals surface area contributed by atoms with Crippen LogP contribution in [-0.4, -0.2) is 23.1 Å². The molecule has 0 aromatic rings. The monoisotopic (exact) mass is 370 g/mol. The van der Waals surface area contributed by atoms with E-state index in [1.807, 2.05) is 27.7 Å². The van der Waals surface area contributed by atoms with Crippen molar-refractivity contribution in [2.45, 2.75) is 119 Å². The van der Waals surface area contributed by atoms with Crippen LogP contribution in [0, 0.1) is 10.8 Å². The average Bonchev–Trinajstić information content (AvgIpc) is 2.53. The zero-order chi connectivity index (χ0) is 20.8. The first-order valence-corrected chi connectivity index (χ1v) is 10.2. The maximum atomic E-state index is 12.4. The summed E-state index contributed by atoms with van der Waals surface area (Å²) >= 11 is 0. The molecule has 0 N–H and O–H groups in total. The molecule has 0 atom stereocenters. The summed E-state index contributed by atoms with van der Waals surface area (Å²) in [5.74, 6) is -0.648. The van der Waals surface area contributed by atoms with Crippen molar-refractivity contribution >= 4 is 11.9 Å². The molecule has 0 fully saturated rings. The van der Waals surface area contributed by atoms with Crippen LogP contribution in [0.25, 0.3) is 0 Å². The zero-order valence-electron chi connectivity index (χ0n) is 18.9. The highest BCUT2D eigenvalue weighted by molar-refractivity contribution is 5.78. The number of esters is 2. The highest BCUT2D eigenvalue weighted by Crippen LogP contribution is 2.41. The molecule has 0 rings (SSSR count). The van der Waals surface area contributed by atoms with Gasteiger partial charge in [-0.25, -0.2) is 0 Å². The van der Waals surface area contributed by atoms with Crippen molar-refractivity contribution < 1.29 is 19.1 Å². The fraction of sp³-hybridized carbons (Fsp3) is 0.909. The Labute approximate surface area is 161 Å². The Morgan fingerprint density at radius 2 is 0.808 bits per heavy atom. The summed E-state index contributed by atoms with van der Waals surface area (Å²) in [5, 5.41) is 0. The van der Waals surface area contributed by atoms with Crippen molar-refractivity contribution in [2.24, 2.45) is 10.8 Å². The van der Waals surface area contributed by atoms with Gasteiger partial charge in [0.1, 0.15) is 11.2 Å². The van der Waals surface area contributed by atoms with Crippen molar-refractivity contribution in [3.8, 4) is 0 Å². The molecule has 0 aromatic carbocycles. The van der Waals surface area contributed by atoms with Crippen molar-refractivity contribution in [3.05, 3.63) is 0 Å². The molecule has 0 bridgehead atoms. The molecule has 0 aliphatic heterocycles. The van der Waals surface area contributed by atoms with E-state index < -0.39 is 11.2 Å². The second-order valence-corrected chi connectivity index (χ2v) is 9.35. The van der Waals surface area contributed by atoms with Gasteiger partial charge in [-0.05, 0) is 25.7 Å². The average molecular weight is 371 g/mol. The van der Waals surface area contributed by atoms with Crippen LogP contribution in [0.1, 0.15) is 108 Å². The van der Waals surface area contributed by atoms with Crippen molar-refractivity contribution in [2.75, 3.05) is 0 Å². The Kier molecular flexibility index (Phi) is 8.86. The molecule has 0 heterocycles. The Balaban J connectivity index is 4.94. The second-order valence-electron chi connectivity index (χ2n) is 9.35. The number of hydrogen-bond donors (Lipinski definition) is 0. The molecule has 0 unspecified atom stereocenters. The summed E-state index contributed by atoms with van der Waals surface area (Å²) < 4.78 is 11.7. The van der Waals surface area contributed by atoms with Crippen LogP contribution in [0.4, 0.5) is 0 Å². The minimum absolute atomic E-state index is 0.0598. The lowest BCUT2D eigenvalue weighted by Gasteiger charge is -2.43. The highest BCUT2D eigenvalue weighted by Gasteiger charge is 2.44. The molecule has 0 radical (unpaired) electrons. The van der Waals surface area contributed by atoms with Gasteiger partial charge in [-0.3, -0.25) is 9.59 Å². The number of carbonyl (C=O) groups is 2. The lowest BCUT2D eigenvalue weighted by atomic mass is 9.73. The lowest BCUT2D eigenvalue weighted by molar-refractivity contribution is -0.182. The normalized spacial score (nSPS) is 13.5. The van der Waals surface area contributed by atoms with Gasteiger partial charge in [0.25, 0.3) is 0 Å². The van der Waals surface area contributed by atoms with E-state index >= 15 is 0 Å². The van der Waals surface area contributed by atoms with Crippen LogP contribution in [0.2, 0.25) is 0 Å². The summed E-state index contributed by atoms with van der Waals surface area (Å²) in [7, 11) is 0. The minimum atomic E-state index is -0.504. The fourth-order valence-electron chi connectivity index (χ4n) is 3.96. The summed E-state index contributed by atoms with van der Waals surface area (Å²) in [6.45, 7) is 20.7. The van der Waals surface area contributed by atoms with Gasteiger partial charge in [0, 0.05) is 10.8 Å². The molecule has 0 aliphatic carbocycles. The van der Waals surface area contributed by atoms with Gasteiger partial charge in [0.2, 0.25) is 0 Å². The number of ether oxygens (including phenoxy) is 2. The third-order valence-corrected chi connectivity index (χ3v) is 6.17. The molecule has 154 valence electrons. The molecular weight excluding hydrogens is 328 g/mol. The lowest BCUT2D eigenvalue weighted by Crippen LogP contribution is -2.46. The third kappa shape index (κ3) is 5.72. The molecule has 26 heavy (non-hydrogen) atoms. The van der Waals surface area contributed by atoms with Gasteiger partial charge in [-0.1, -0.05) is 69.2 Å². The van der Waals surface area contributed by atoms with E-state index in [1.54, 1.807) is 0 Å². The molecule has 0 saturated heterocycles. The second kappa shape index (κ2) is 9.23. The number of rotatable bonds is 9. The molecule has 0 amide bonds. The SMILES string of the molecule is CCC(CC)(OC(=O)CCC(=O)OC(CC)(CC)C(C)(C)C)C(C)(C)C.